The molecule has 1 fully saturated rings. The normalized spacial score (nSPS) is 19.1. The molecule has 2 aliphatic heterocycles. The second-order valence-corrected chi connectivity index (χ2v) is 9.88. The van der Waals surface area contributed by atoms with Crippen molar-refractivity contribution in [1.82, 2.24) is 14.7 Å². The Labute approximate surface area is 207 Å². The van der Waals surface area contributed by atoms with Gasteiger partial charge in [0.25, 0.3) is 0 Å². The molecular formula is C27H37N5O3. The third-order valence-corrected chi connectivity index (χ3v) is 6.85. The van der Waals surface area contributed by atoms with Crippen molar-refractivity contribution < 1.29 is 15.0 Å². The van der Waals surface area contributed by atoms with Crippen molar-refractivity contribution in [2.45, 2.75) is 37.5 Å². The molecule has 35 heavy (non-hydrogen) atoms. The lowest BCUT2D eigenvalue weighted by atomic mass is 9.90. The Bertz CT molecular complexity index is 1020. The quantitative estimate of drug-likeness (QED) is 0.512. The summed E-state index contributed by atoms with van der Waals surface area (Å²) >= 11 is 0. The van der Waals surface area contributed by atoms with E-state index >= 15 is 0 Å². The first-order valence-corrected chi connectivity index (χ1v) is 12.4. The number of hydrogen-bond donors (Lipinski definition) is 3. The molecule has 1 saturated heterocycles. The van der Waals surface area contributed by atoms with Gasteiger partial charge in [-0.3, -0.25) is 4.79 Å². The van der Waals surface area contributed by atoms with Crippen molar-refractivity contribution in [3.05, 3.63) is 59.7 Å². The van der Waals surface area contributed by atoms with E-state index in [2.05, 4.69) is 15.2 Å². The fourth-order valence-corrected chi connectivity index (χ4v) is 4.64. The lowest BCUT2D eigenvalue weighted by molar-refractivity contribution is -0.136. The van der Waals surface area contributed by atoms with Gasteiger partial charge in [-0.05, 0) is 51.1 Å². The topological polar surface area (TPSA) is 91.6 Å². The Kier molecular flexibility index (Phi) is 8.05. The number of nitrogens with zero attached hydrogens (tertiary/aromatic N) is 4. The smallest absolute Gasteiger partial charge is 0.222 e. The van der Waals surface area contributed by atoms with E-state index in [4.69, 9.17) is 0 Å². The fraction of sp³-hybridized carbons (Fsp3) is 0.481. The zero-order valence-electron chi connectivity index (χ0n) is 20.7. The van der Waals surface area contributed by atoms with Gasteiger partial charge in [0.05, 0.1) is 24.2 Å². The molecule has 1 unspecified atom stereocenters. The lowest BCUT2D eigenvalue weighted by Crippen LogP contribution is -2.52. The molecule has 0 aliphatic carbocycles. The van der Waals surface area contributed by atoms with Crippen molar-refractivity contribution >= 4 is 23.6 Å². The first-order chi connectivity index (χ1) is 16.8. The van der Waals surface area contributed by atoms with E-state index in [0.717, 1.165) is 42.0 Å². The Morgan fingerprint density at radius 2 is 1.91 bits per heavy atom. The van der Waals surface area contributed by atoms with Crippen molar-refractivity contribution in [3.8, 4) is 0 Å². The highest BCUT2D eigenvalue weighted by Gasteiger charge is 2.37. The number of aliphatic hydroxyl groups excluding tert-OH is 1. The zero-order valence-corrected chi connectivity index (χ0v) is 20.7. The first-order valence-electron chi connectivity index (χ1n) is 12.4. The molecule has 0 spiro atoms. The van der Waals surface area contributed by atoms with Crippen molar-refractivity contribution in [1.29, 1.82) is 0 Å². The van der Waals surface area contributed by atoms with Crippen LogP contribution in [0.15, 0.2) is 53.5 Å². The molecule has 2 aromatic carbocycles. The average Bonchev–Trinajstić information content (AvgIpc) is 2.85. The molecule has 3 N–H and O–H groups in total. The minimum Gasteiger partial charge on any atom is -0.388 e. The molecule has 0 bridgehead atoms. The molecule has 0 radical (unpaired) electrons. The summed E-state index contributed by atoms with van der Waals surface area (Å²) in [5.74, 6) is 0.124. The number of β-amino-alcohol motifs (C(OH)–C–C–N with tert-alkyl or cyclic N) is 1. The summed E-state index contributed by atoms with van der Waals surface area (Å²) in [6.07, 6.45) is 2.90. The number of piperidine rings is 1. The SMILES string of the molecule is CN(C)CCNc1ccc2c(c1)N=CN(CC1(O)CCN(C(=O)CCc3ccccc3)CC1)C2O. The standard InChI is InChI=1S/C27H37N5O3/c1-30(2)17-14-28-22-9-10-23-24(18-22)29-20-32(26(23)34)19-27(35)12-15-31(16-13-27)25(33)11-8-21-6-4-3-5-7-21/h3-7,9-10,18,20,26,28,34-35H,8,11-17,19H2,1-2H3. The molecular weight excluding hydrogens is 442 g/mol. The van der Waals surface area contributed by atoms with Crippen molar-refractivity contribution in [2.24, 2.45) is 4.99 Å². The van der Waals surface area contributed by atoms with Gasteiger partial charge in [-0.1, -0.05) is 36.4 Å². The highest BCUT2D eigenvalue weighted by atomic mass is 16.3. The van der Waals surface area contributed by atoms with Gasteiger partial charge in [0.2, 0.25) is 5.91 Å². The minimum atomic E-state index is -0.978. The van der Waals surface area contributed by atoms with E-state index in [-0.39, 0.29) is 12.5 Å². The number of likely N-dealkylation sites (N-methyl/N-ethyl adjacent to an activating group) is 1. The van der Waals surface area contributed by atoms with Gasteiger partial charge >= 0.3 is 0 Å². The molecule has 0 aromatic heterocycles. The molecule has 4 rings (SSSR count). The number of benzene rings is 2. The van der Waals surface area contributed by atoms with Gasteiger partial charge in [-0.25, -0.2) is 4.99 Å². The van der Waals surface area contributed by atoms with E-state index in [1.54, 1.807) is 11.2 Å². The maximum Gasteiger partial charge on any atom is 0.222 e. The maximum atomic E-state index is 12.7. The number of aryl methyl sites for hydroxylation is 1. The lowest BCUT2D eigenvalue weighted by Gasteiger charge is -2.42. The molecule has 8 nitrogen and oxygen atoms in total. The largest absolute Gasteiger partial charge is 0.388 e. The van der Waals surface area contributed by atoms with Crippen LogP contribution in [0, 0.1) is 0 Å². The predicted molar refractivity (Wildman–Crippen MR) is 139 cm³/mol. The number of aliphatic hydroxyl groups is 2. The summed E-state index contributed by atoms with van der Waals surface area (Å²) in [6, 6.07) is 15.8. The van der Waals surface area contributed by atoms with E-state index in [0.29, 0.717) is 32.4 Å². The second-order valence-electron chi connectivity index (χ2n) is 9.88. The van der Waals surface area contributed by atoms with Crippen LogP contribution >= 0.6 is 0 Å². The first kappa shape index (κ1) is 25.2. The van der Waals surface area contributed by atoms with Gasteiger partial charge < -0.3 is 30.2 Å². The minimum absolute atomic E-state index is 0.124. The maximum absolute atomic E-state index is 12.7. The fourth-order valence-electron chi connectivity index (χ4n) is 4.64. The highest BCUT2D eigenvalue weighted by molar-refractivity contribution is 5.76. The molecule has 2 aromatic rings. The van der Waals surface area contributed by atoms with Crippen molar-refractivity contribution in [2.75, 3.05) is 52.1 Å². The van der Waals surface area contributed by atoms with E-state index in [1.807, 2.05) is 67.5 Å². The van der Waals surface area contributed by atoms with Gasteiger partial charge in [-0.15, -0.1) is 0 Å². The summed E-state index contributed by atoms with van der Waals surface area (Å²) in [4.78, 5) is 22.8. The molecule has 1 amide bonds. The Hall–Kier alpha value is -2.94. The van der Waals surface area contributed by atoms with Crippen molar-refractivity contribution in [3.63, 3.8) is 0 Å². The number of fused-ring (bicyclic) bond motifs is 1. The van der Waals surface area contributed by atoms with Gasteiger partial charge in [0.1, 0.15) is 0 Å². The van der Waals surface area contributed by atoms with E-state index < -0.39 is 11.8 Å². The number of carbonyl (C=O) groups excluding carboxylic acids is 1. The highest BCUT2D eigenvalue weighted by Crippen LogP contribution is 2.35. The monoisotopic (exact) mass is 479 g/mol. The number of likely N-dealkylation sites (tertiary alicyclic amines) is 1. The summed E-state index contributed by atoms with van der Waals surface area (Å²) in [5, 5.41) is 25.5. The van der Waals surface area contributed by atoms with E-state index in [9.17, 15) is 15.0 Å². The Morgan fingerprint density at radius 1 is 1.17 bits per heavy atom. The number of carbonyl (C=O) groups is 1. The van der Waals surface area contributed by atoms with Crippen LogP contribution in [0.2, 0.25) is 0 Å². The van der Waals surface area contributed by atoms with Gasteiger partial charge in [0.15, 0.2) is 6.23 Å². The molecule has 1 atom stereocenters. The number of amides is 1. The Balaban J connectivity index is 1.28. The van der Waals surface area contributed by atoms with Crippen LogP contribution < -0.4 is 5.32 Å². The molecule has 2 aliphatic rings. The molecule has 188 valence electrons. The summed E-state index contributed by atoms with van der Waals surface area (Å²) < 4.78 is 0. The predicted octanol–water partition coefficient (Wildman–Crippen LogP) is 2.61. The second kappa shape index (κ2) is 11.2. The van der Waals surface area contributed by atoms with Crippen LogP contribution in [0.5, 0.6) is 0 Å². The zero-order chi connectivity index (χ0) is 24.8. The number of rotatable bonds is 9. The Morgan fingerprint density at radius 3 is 2.63 bits per heavy atom. The molecule has 2 heterocycles. The number of aliphatic imine (C=N–C) groups is 1. The van der Waals surface area contributed by atoms with Crippen LogP contribution in [-0.2, 0) is 11.2 Å². The molecule has 0 saturated carbocycles. The average molecular weight is 480 g/mol. The third-order valence-electron chi connectivity index (χ3n) is 6.85. The van der Waals surface area contributed by atoms with E-state index in [1.165, 1.54) is 0 Å². The summed E-state index contributed by atoms with van der Waals surface area (Å²) in [7, 11) is 4.07. The van der Waals surface area contributed by atoms with Gasteiger partial charge in [0, 0.05) is 43.9 Å². The van der Waals surface area contributed by atoms with Crippen LogP contribution in [0.3, 0.4) is 0 Å². The van der Waals surface area contributed by atoms with Crippen LogP contribution in [0.1, 0.15) is 36.6 Å². The molecule has 8 heteroatoms. The third kappa shape index (κ3) is 6.60. The van der Waals surface area contributed by atoms with Crippen LogP contribution in [-0.4, -0.2) is 89.6 Å². The summed E-state index contributed by atoms with van der Waals surface area (Å²) in [5.41, 5.74) is 2.60. The van der Waals surface area contributed by atoms with Gasteiger partial charge in [-0.2, -0.15) is 0 Å². The van der Waals surface area contributed by atoms with Crippen LogP contribution in [0.25, 0.3) is 0 Å². The van der Waals surface area contributed by atoms with Crippen LogP contribution in [0.4, 0.5) is 11.4 Å². The number of nitrogens with one attached hydrogen (secondary N) is 1. The number of hydrogen-bond acceptors (Lipinski definition) is 7. The number of anilines is 1. The summed E-state index contributed by atoms with van der Waals surface area (Å²) in [6.45, 7) is 3.05.